The summed E-state index contributed by atoms with van der Waals surface area (Å²) >= 11 is 1.78. The molecule has 0 fully saturated rings. The highest BCUT2D eigenvalue weighted by molar-refractivity contribution is 7.26. The van der Waals surface area contributed by atoms with E-state index in [0.717, 1.165) is 43.7 Å². The summed E-state index contributed by atoms with van der Waals surface area (Å²) in [5, 5.41) is 3.63. The average Bonchev–Trinajstić information content (AvgIpc) is 3.83. The molecule has 0 aliphatic heterocycles. The molecule has 3 aromatic heterocycles. The topological polar surface area (TPSA) is 30.7 Å². The van der Waals surface area contributed by atoms with Crippen LogP contribution in [0.1, 0.15) is 0 Å². The maximum atomic E-state index is 4.89. The molecule has 8 aromatic carbocycles. The van der Waals surface area contributed by atoms with E-state index >= 15 is 0 Å². The van der Waals surface area contributed by atoms with Gasteiger partial charge >= 0.3 is 0 Å². The van der Waals surface area contributed by atoms with Gasteiger partial charge < -0.3 is 4.57 Å². The highest BCUT2D eigenvalue weighted by Gasteiger charge is 2.18. The van der Waals surface area contributed by atoms with Crippen molar-refractivity contribution in [1.29, 1.82) is 0 Å². The molecule has 0 unspecified atom stereocenters. The van der Waals surface area contributed by atoms with E-state index in [4.69, 9.17) is 9.97 Å². The molecule has 0 saturated heterocycles. The fraction of sp³-hybridized carbons (Fsp3) is 0. The van der Waals surface area contributed by atoms with Crippen LogP contribution < -0.4 is 0 Å². The molecule has 3 heterocycles. The van der Waals surface area contributed by atoms with E-state index in [9.17, 15) is 0 Å². The van der Waals surface area contributed by atoms with E-state index in [0.29, 0.717) is 0 Å². The van der Waals surface area contributed by atoms with Crippen molar-refractivity contribution in [3.8, 4) is 61.5 Å². The van der Waals surface area contributed by atoms with Crippen molar-refractivity contribution in [3.05, 3.63) is 200 Å². The molecule has 0 amide bonds. The van der Waals surface area contributed by atoms with Crippen LogP contribution in [0.5, 0.6) is 0 Å². The van der Waals surface area contributed by atoms with E-state index in [1.54, 1.807) is 17.7 Å². The van der Waals surface area contributed by atoms with Crippen molar-refractivity contribution in [2.24, 2.45) is 0 Å². The van der Waals surface area contributed by atoms with Gasteiger partial charge in [0.15, 0.2) is 0 Å². The highest BCUT2D eigenvalue weighted by atomic mass is 32.1. The minimum absolute atomic E-state index is 0.957. The van der Waals surface area contributed by atoms with Crippen LogP contribution in [0.2, 0.25) is 0 Å². The molecule has 11 aromatic rings. The number of hydrogen-bond donors (Lipinski definition) is 0. The lowest BCUT2D eigenvalue weighted by atomic mass is 10.0. The molecule has 0 atom stereocenters. The normalized spacial score (nSPS) is 11.6. The van der Waals surface area contributed by atoms with Gasteiger partial charge in [-0.15, -0.1) is 11.3 Å². The van der Waals surface area contributed by atoms with Gasteiger partial charge in [0.2, 0.25) is 0 Å². The predicted molar refractivity (Wildman–Crippen MR) is 236 cm³/mol. The van der Waals surface area contributed by atoms with Crippen molar-refractivity contribution in [1.82, 2.24) is 14.5 Å². The number of aromatic nitrogens is 3. The summed E-state index contributed by atoms with van der Waals surface area (Å²) < 4.78 is 4.75. The molecule has 0 aliphatic rings. The van der Waals surface area contributed by atoms with Gasteiger partial charge in [-0.1, -0.05) is 152 Å². The van der Waals surface area contributed by atoms with Crippen molar-refractivity contribution >= 4 is 53.4 Å². The first kappa shape index (κ1) is 32.3. The Morgan fingerprint density at radius 1 is 0.357 bits per heavy atom. The first-order chi connectivity index (χ1) is 27.8. The van der Waals surface area contributed by atoms with E-state index < -0.39 is 0 Å². The summed E-state index contributed by atoms with van der Waals surface area (Å²) in [5.41, 5.74) is 16.1. The Kier molecular flexibility index (Phi) is 7.68. The number of benzene rings is 8. The van der Waals surface area contributed by atoms with Crippen LogP contribution in [0, 0.1) is 0 Å². The quantitative estimate of drug-likeness (QED) is 0.170. The minimum atomic E-state index is 0.957. The summed E-state index contributed by atoms with van der Waals surface area (Å²) in [6, 6.07) is 69.9. The third-order valence-electron chi connectivity index (χ3n) is 10.9. The van der Waals surface area contributed by atoms with Gasteiger partial charge in [0.05, 0.1) is 26.9 Å². The zero-order chi connectivity index (χ0) is 37.0. The molecular formula is C52H33N3S. The van der Waals surface area contributed by atoms with E-state index in [-0.39, 0.29) is 0 Å². The molecule has 11 rings (SSSR count). The maximum absolute atomic E-state index is 4.89. The lowest BCUT2D eigenvalue weighted by Gasteiger charge is -2.12. The maximum Gasteiger partial charge on any atom is 0.116 e. The molecule has 0 radical (unpaired) electrons. The van der Waals surface area contributed by atoms with Gasteiger partial charge in [-0.25, -0.2) is 9.97 Å². The van der Waals surface area contributed by atoms with E-state index in [1.165, 1.54) is 59.9 Å². The molecule has 56 heavy (non-hydrogen) atoms. The van der Waals surface area contributed by atoms with Crippen LogP contribution in [0.25, 0.3) is 104 Å². The minimum Gasteiger partial charge on any atom is -0.309 e. The highest BCUT2D eigenvalue weighted by Crippen LogP contribution is 2.43. The van der Waals surface area contributed by atoms with E-state index in [2.05, 4.69) is 199 Å². The van der Waals surface area contributed by atoms with Gasteiger partial charge in [0.1, 0.15) is 6.33 Å². The molecule has 0 saturated carbocycles. The van der Waals surface area contributed by atoms with Gasteiger partial charge in [0, 0.05) is 32.1 Å². The van der Waals surface area contributed by atoms with Crippen molar-refractivity contribution in [2.75, 3.05) is 0 Å². The standard InChI is InChI=1S/C52H33N3S/c1-4-13-34(14-5-1)39-25-27-47-45(31-39)46-32-40(35-15-6-2-7-16-35)26-28-48(46)55(47)42-22-11-20-38(30-42)37-19-10-21-41(29-37)49-52-50(54-33-53-49)44-24-12-23-43(51(44)56-52)36-17-8-3-9-18-36/h1-33H. The average molecular weight is 732 g/mol. The van der Waals surface area contributed by atoms with Crippen LogP contribution in [-0.4, -0.2) is 14.5 Å². The molecular weight excluding hydrogens is 699 g/mol. The molecule has 0 bridgehead atoms. The van der Waals surface area contributed by atoms with Crippen LogP contribution in [0.4, 0.5) is 0 Å². The summed E-state index contributed by atoms with van der Waals surface area (Å²) in [6.07, 6.45) is 1.71. The number of nitrogens with zero attached hydrogens (tertiary/aromatic N) is 3. The lowest BCUT2D eigenvalue weighted by molar-refractivity contribution is 1.18. The zero-order valence-corrected chi connectivity index (χ0v) is 31.1. The van der Waals surface area contributed by atoms with Crippen molar-refractivity contribution < 1.29 is 0 Å². The number of fused-ring (bicyclic) bond motifs is 6. The fourth-order valence-electron chi connectivity index (χ4n) is 8.24. The van der Waals surface area contributed by atoms with Crippen molar-refractivity contribution in [2.45, 2.75) is 0 Å². The van der Waals surface area contributed by atoms with Crippen LogP contribution >= 0.6 is 11.3 Å². The Hall–Kier alpha value is -7.14. The Morgan fingerprint density at radius 2 is 0.893 bits per heavy atom. The Bertz CT molecular complexity index is 3140. The largest absolute Gasteiger partial charge is 0.309 e. The first-order valence-electron chi connectivity index (χ1n) is 18.9. The smallest absolute Gasteiger partial charge is 0.116 e. The molecule has 262 valence electrons. The van der Waals surface area contributed by atoms with Crippen LogP contribution in [0.3, 0.4) is 0 Å². The first-order valence-corrected chi connectivity index (χ1v) is 19.7. The molecule has 0 aliphatic carbocycles. The van der Waals surface area contributed by atoms with Gasteiger partial charge in [-0.2, -0.15) is 0 Å². The van der Waals surface area contributed by atoms with Crippen LogP contribution in [-0.2, 0) is 0 Å². The Labute approximate surface area is 328 Å². The summed E-state index contributed by atoms with van der Waals surface area (Å²) in [5.74, 6) is 0. The Morgan fingerprint density at radius 3 is 1.55 bits per heavy atom. The number of rotatable bonds is 6. The second kappa shape index (κ2) is 13.3. The Balaban J connectivity index is 1.04. The second-order valence-corrected chi connectivity index (χ2v) is 15.2. The molecule has 0 spiro atoms. The van der Waals surface area contributed by atoms with E-state index in [1.807, 2.05) is 0 Å². The molecule has 0 N–H and O–H groups in total. The van der Waals surface area contributed by atoms with Crippen molar-refractivity contribution in [3.63, 3.8) is 0 Å². The number of thiophene rings is 1. The van der Waals surface area contributed by atoms with Gasteiger partial charge in [-0.05, 0) is 87.0 Å². The van der Waals surface area contributed by atoms with Crippen LogP contribution in [0.15, 0.2) is 200 Å². The summed E-state index contributed by atoms with van der Waals surface area (Å²) in [6.45, 7) is 0. The third-order valence-corrected chi connectivity index (χ3v) is 12.2. The third kappa shape index (κ3) is 5.42. The second-order valence-electron chi connectivity index (χ2n) is 14.2. The monoisotopic (exact) mass is 731 g/mol. The SMILES string of the molecule is c1ccc(-c2ccc3c(c2)c2cc(-c4ccccc4)ccc2n3-c2cccc(-c3cccc(-c4ncnc5c4sc4c(-c6ccccc6)cccc45)c3)c2)cc1. The fourth-order valence-corrected chi connectivity index (χ4v) is 9.54. The zero-order valence-electron chi connectivity index (χ0n) is 30.3. The molecule has 3 nitrogen and oxygen atoms in total. The number of hydrogen-bond acceptors (Lipinski definition) is 3. The summed E-state index contributed by atoms with van der Waals surface area (Å²) in [4.78, 5) is 9.69. The molecule has 4 heteroatoms. The predicted octanol–water partition coefficient (Wildman–Crippen LogP) is 14.3. The lowest BCUT2D eigenvalue weighted by Crippen LogP contribution is -1.94. The van der Waals surface area contributed by atoms with Gasteiger partial charge in [0.25, 0.3) is 0 Å². The summed E-state index contributed by atoms with van der Waals surface area (Å²) in [7, 11) is 0. The van der Waals surface area contributed by atoms with Gasteiger partial charge in [-0.3, -0.25) is 0 Å².